The Morgan fingerprint density at radius 1 is 1.04 bits per heavy atom. The van der Waals surface area contributed by atoms with Crippen LogP contribution in [0.2, 0.25) is 5.02 Å². The van der Waals surface area contributed by atoms with Crippen molar-refractivity contribution in [3.63, 3.8) is 0 Å². The third-order valence-corrected chi connectivity index (χ3v) is 4.07. The Morgan fingerprint density at radius 3 is 2.43 bits per heavy atom. The van der Waals surface area contributed by atoms with Gasteiger partial charge in [-0.25, -0.2) is 0 Å². The number of amides is 2. The van der Waals surface area contributed by atoms with Gasteiger partial charge in [0.05, 0.1) is 0 Å². The molecule has 23 heavy (non-hydrogen) atoms. The molecule has 2 N–H and O–H groups in total. The van der Waals surface area contributed by atoms with E-state index in [1.54, 1.807) is 25.1 Å². The predicted octanol–water partition coefficient (Wildman–Crippen LogP) is 3.51. The Balaban J connectivity index is 1.90. The van der Waals surface area contributed by atoms with E-state index >= 15 is 0 Å². The highest BCUT2D eigenvalue weighted by molar-refractivity contribution is 6.40. The van der Waals surface area contributed by atoms with Gasteiger partial charge in [-0.15, -0.1) is 0 Å². The summed E-state index contributed by atoms with van der Waals surface area (Å²) >= 11 is 6.00. The molecule has 0 fully saturated rings. The molecule has 0 aliphatic rings. The first-order valence-electron chi connectivity index (χ1n) is 7.38. The van der Waals surface area contributed by atoms with Gasteiger partial charge in [-0.3, -0.25) is 9.59 Å². The highest BCUT2D eigenvalue weighted by atomic mass is 35.5. The van der Waals surface area contributed by atoms with Crippen molar-refractivity contribution in [2.24, 2.45) is 0 Å². The van der Waals surface area contributed by atoms with E-state index in [4.69, 9.17) is 11.6 Å². The summed E-state index contributed by atoms with van der Waals surface area (Å²) in [4.78, 5) is 23.9. The van der Waals surface area contributed by atoms with Crippen LogP contribution in [-0.4, -0.2) is 18.4 Å². The maximum absolute atomic E-state index is 12.0. The van der Waals surface area contributed by atoms with Gasteiger partial charge in [0.15, 0.2) is 0 Å². The first kappa shape index (κ1) is 17.0. The minimum absolute atomic E-state index is 0.126. The number of carbonyl (C=O) groups is 2. The fourth-order valence-corrected chi connectivity index (χ4v) is 2.32. The molecule has 5 heteroatoms. The number of benzene rings is 2. The van der Waals surface area contributed by atoms with Gasteiger partial charge in [0, 0.05) is 17.3 Å². The van der Waals surface area contributed by atoms with Gasteiger partial charge < -0.3 is 10.6 Å². The largest absolute Gasteiger partial charge is 0.347 e. The van der Waals surface area contributed by atoms with Gasteiger partial charge in [-0.2, -0.15) is 0 Å². The molecule has 120 valence electrons. The molecule has 2 rings (SSSR count). The summed E-state index contributed by atoms with van der Waals surface area (Å²) in [6.07, 6.45) is 0. The maximum atomic E-state index is 12.0. The lowest BCUT2D eigenvalue weighted by Gasteiger charge is -2.13. The fourth-order valence-electron chi connectivity index (χ4n) is 2.15. The maximum Gasteiger partial charge on any atom is 0.313 e. The molecule has 0 saturated carbocycles. The third-order valence-electron chi connectivity index (χ3n) is 3.66. The molecule has 0 radical (unpaired) electrons. The zero-order valence-corrected chi connectivity index (χ0v) is 13.9. The molecule has 0 aliphatic carbocycles. The van der Waals surface area contributed by atoms with Gasteiger partial charge in [-0.05, 0) is 36.1 Å². The van der Waals surface area contributed by atoms with E-state index < -0.39 is 11.8 Å². The quantitative estimate of drug-likeness (QED) is 0.843. The molecule has 4 nitrogen and oxygen atoms in total. The van der Waals surface area contributed by atoms with Gasteiger partial charge in [0.2, 0.25) is 0 Å². The highest BCUT2D eigenvalue weighted by Crippen LogP contribution is 2.22. The summed E-state index contributed by atoms with van der Waals surface area (Å²) in [5.74, 6) is -1.23. The van der Waals surface area contributed by atoms with E-state index in [-0.39, 0.29) is 5.92 Å². The molecule has 2 amide bonds. The number of anilines is 1. The average Bonchev–Trinajstić information content (AvgIpc) is 2.57. The van der Waals surface area contributed by atoms with Crippen LogP contribution in [0.4, 0.5) is 5.69 Å². The molecule has 0 saturated heterocycles. The first-order valence-corrected chi connectivity index (χ1v) is 7.76. The van der Waals surface area contributed by atoms with E-state index in [2.05, 4.69) is 10.6 Å². The van der Waals surface area contributed by atoms with Gasteiger partial charge in [-0.1, -0.05) is 54.9 Å². The van der Waals surface area contributed by atoms with Crippen molar-refractivity contribution in [1.82, 2.24) is 5.32 Å². The Bertz CT molecular complexity index is 701. The van der Waals surface area contributed by atoms with Gasteiger partial charge >= 0.3 is 11.8 Å². The van der Waals surface area contributed by atoms with Crippen molar-refractivity contribution < 1.29 is 9.59 Å². The second kappa shape index (κ2) is 7.79. The number of hydrogen-bond donors (Lipinski definition) is 2. The normalized spacial score (nSPS) is 11.6. The minimum Gasteiger partial charge on any atom is -0.347 e. The molecule has 1 atom stereocenters. The summed E-state index contributed by atoms with van der Waals surface area (Å²) in [5, 5.41) is 5.77. The molecule has 0 aromatic heterocycles. The molecular weight excluding hydrogens is 312 g/mol. The van der Waals surface area contributed by atoms with E-state index in [1.807, 2.05) is 37.3 Å². The van der Waals surface area contributed by atoms with Gasteiger partial charge in [0.1, 0.15) is 0 Å². The average molecular weight is 331 g/mol. The summed E-state index contributed by atoms with van der Waals surface area (Å²) in [6.45, 7) is 4.17. The number of rotatable bonds is 4. The van der Waals surface area contributed by atoms with Crippen LogP contribution in [0.1, 0.15) is 24.0 Å². The Morgan fingerprint density at radius 2 is 1.74 bits per heavy atom. The van der Waals surface area contributed by atoms with Crippen molar-refractivity contribution in [2.75, 3.05) is 11.9 Å². The standard InChI is InChI=1S/C18H19ClN2O2/c1-12(14-7-4-3-5-8-14)11-20-17(22)18(23)21-16-10-6-9-15(19)13(16)2/h3-10,12H,11H2,1-2H3,(H,20,22)(H,21,23). The van der Waals surface area contributed by atoms with Crippen LogP contribution in [0.25, 0.3) is 0 Å². The van der Waals surface area contributed by atoms with Crippen molar-refractivity contribution in [2.45, 2.75) is 19.8 Å². The topological polar surface area (TPSA) is 58.2 Å². The predicted molar refractivity (Wildman–Crippen MR) is 92.7 cm³/mol. The van der Waals surface area contributed by atoms with Crippen LogP contribution in [-0.2, 0) is 9.59 Å². The Labute approximate surface area is 140 Å². The monoisotopic (exact) mass is 330 g/mol. The second-order valence-corrected chi connectivity index (χ2v) is 5.80. The summed E-state index contributed by atoms with van der Waals surface area (Å²) in [5.41, 5.74) is 2.38. The van der Waals surface area contributed by atoms with Gasteiger partial charge in [0.25, 0.3) is 0 Å². The molecule has 0 spiro atoms. The van der Waals surface area contributed by atoms with Crippen LogP contribution in [0.5, 0.6) is 0 Å². The summed E-state index contributed by atoms with van der Waals surface area (Å²) in [6, 6.07) is 15.0. The lowest BCUT2D eigenvalue weighted by Crippen LogP contribution is -2.37. The van der Waals surface area contributed by atoms with Crippen molar-refractivity contribution in [3.05, 3.63) is 64.7 Å². The number of nitrogens with one attached hydrogen (secondary N) is 2. The Hall–Kier alpha value is -2.33. The first-order chi connectivity index (χ1) is 11.0. The second-order valence-electron chi connectivity index (χ2n) is 5.39. The van der Waals surface area contributed by atoms with Crippen LogP contribution >= 0.6 is 11.6 Å². The zero-order chi connectivity index (χ0) is 16.8. The van der Waals surface area contributed by atoms with Crippen LogP contribution in [0, 0.1) is 6.92 Å². The summed E-state index contributed by atoms with van der Waals surface area (Å²) in [7, 11) is 0. The molecular formula is C18H19ClN2O2. The number of carbonyl (C=O) groups excluding carboxylic acids is 2. The van der Waals surface area contributed by atoms with Crippen molar-refractivity contribution in [1.29, 1.82) is 0 Å². The third kappa shape index (κ3) is 4.57. The molecule has 0 heterocycles. The number of hydrogen-bond acceptors (Lipinski definition) is 2. The lowest BCUT2D eigenvalue weighted by atomic mass is 10.0. The number of halogens is 1. The fraction of sp³-hybridized carbons (Fsp3) is 0.222. The van der Waals surface area contributed by atoms with Crippen molar-refractivity contribution in [3.8, 4) is 0 Å². The van der Waals surface area contributed by atoms with E-state index in [0.717, 1.165) is 11.1 Å². The summed E-state index contributed by atoms with van der Waals surface area (Å²) < 4.78 is 0. The smallest absolute Gasteiger partial charge is 0.313 e. The van der Waals surface area contributed by atoms with Crippen LogP contribution in [0.15, 0.2) is 48.5 Å². The molecule has 1 unspecified atom stereocenters. The van der Waals surface area contributed by atoms with Crippen molar-refractivity contribution >= 4 is 29.1 Å². The van der Waals surface area contributed by atoms with E-state index in [0.29, 0.717) is 17.3 Å². The van der Waals surface area contributed by atoms with Crippen LogP contribution in [0.3, 0.4) is 0 Å². The molecule has 0 aliphatic heterocycles. The van der Waals surface area contributed by atoms with Crippen LogP contribution < -0.4 is 10.6 Å². The lowest BCUT2D eigenvalue weighted by molar-refractivity contribution is -0.136. The van der Waals surface area contributed by atoms with E-state index in [9.17, 15) is 9.59 Å². The molecule has 0 bridgehead atoms. The molecule has 2 aromatic carbocycles. The zero-order valence-electron chi connectivity index (χ0n) is 13.1. The van der Waals surface area contributed by atoms with E-state index in [1.165, 1.54) is 0 Å². The minimum atomic E-state index is -0.698. The SMILES string of the molecule is Cc1c(Cl)cccc1NC(=O)C(=O)NCC(C)c1ccccc1. The highest BCUT2D eigenvalue weighted by Gasteiger charge is 2.16. The molecule has 2 aromatic rings. The Kier molecular flexibility index (Phi) is 5.77.